The molecular formula is C24H31NO2. The third-order valence-electron chi connectivity index (χ3n) is 5.55. The minimum Gasteiger partial charge on any atom is -0.294 e. The van der Waals surface area contributed by atoms with Crippen molar-refractivity contribution in [2.45, 2.75) is 70.6 Å². The average Bonchev–Trinajstić information content (AvgIpc) is 2.64. The Morgan fingerprint density at radius 2 is 1.44 bits per heavy atom. The molecule has 1 fully saturated rings. The maximum absolute atomic E-state index is 12.9. The summed E-state index contributed by atoms with van der Waals surface area (Å²) in [5.74, 6) is 0.108. The summed E-state index contributed by atoms with van der Waals surface area (Å²) in [4.78, 5) is 19.5. The van der Waals surface area contributed by atoms with E-state index < -0.39 is 0 Å². The van der Waals surface area contributed by atoms with E-state index in [0.29, 0.717) is 6.42 Å². The lowest BCUT2D eigenvalue weighted by Gasteiger charge is -2.52. The molecule has 2 aromatic rings. The number of nitrogens with zero attached hydrogens (tertiary/aromatic N) is 1. The lowest BCUT2D eigenvalue weighted by Crippen LogP contribution is -2.58. The number of rotatable bonds is 6. The number of hydrogen-bond acceptors (Lipinski definition) is 3. The fourth-order valence-electron chi connectivity index (χ4n) is 4.18. The highest BCUT2D eigenvalue weighted by atomic mass is 16.7. The summed E-state index contributed by atoms with van der Waals surface area (Å²) in [6.45, 7) is 8.92. The molecule has 3 nitrogen and oxygen atoms in total. The van der Waals surface area contributed by atoms with E-state index in [2.05, 4.69) is 32.8 Å². The first-order valence-corrected chi connectivity index (χ1v) is 9.90. The smallest absolute Gasteiger partial charge is 0.165 e. The van der Waals surface area contributed by atoms with E-state index in [-0.39, 0.29) is 23.0 Å². The predicted octanol–water partition coefficient (Wildman–Crippen LogP) is 5.98. The molecule has 1 aliphatic rings. The highest BCUT2D eigenvalue weighted by Gasteiger charge is 2.44. The van der Waals surface area contributed by atoms with Crippen LogP contribution in [0.2, 0.25) is 0 Å². The zero-order valence-corrected chi connectivity index (χ0v) is 16.9. The zero-order valence-electron chi connectivity index (χ0n) is 16.9. The molecule has 0 N–H and O–H groups in total. The van der Waals surface area contributed by atoms with Crippen molar-refractivity contribution in [3.8, 4) is 0 Å². The summed E-state index contributed by atoms with van der Waals surface area (Å²) < 4.78 is 0. The van der Waals surface area contributed by atoms with Crippen LogP contribution in [-0.4, -0.2) is 21.9 Å². The van der Waals surface area contributed by atoms with Crippen LogP contribution in [0.5, 0.6) is 0 Å². The summed E-state index contributed by atoms with van der Waals surface area (Å²) >= 11 is 0. The molecule has 1 heterocycles. The molecule has 0 amide bonds. The maximum Gasteiger partial charge on any atom is 0.165 e. The van der Waals surface area contributed by atoms with E-state index >= 15 is 0 Å². The van der Waals surface area contributed by atoms with Crippen LogP contribution in [0.1, 0.15) is 75.4 Å². The van der Waals surface area contributed by atoms with Gasteiger partial charge in [0.2, 0.25) is 0 Å². The first-order valence-electron chi connectivity index (χ1n) is 9.90. The molecule has 144 valence electrons. The second-order valence-electron chi connectivity index (χ2n) is 8.77. The van der Waals surface area contributed by atoms with E-state index in [9.17, 15) is 4.79 Å². The van der Waals surface area contributed by atoms with Gasteiger partial charge in [0.05, 0.1) is 0 Å². The minimum atomic E-state index is -0.296. The van der Waals surface area contributed by atoms with Gasteiger partial charge in [-0.25, -0.2) is 0 Å². The fourth-order valence-corrected chi connectivity index (χ4v) is 4.18. The molecule has 0 radical (unpaired) electrons. The highest BCUT2D eigenvalue weighted by Crippen LogP contribution is 2.41. The Balaban J connectivity index is 1.87. The highest BCUT2D eigenvalue weighted by molar-refractivity contribution is 5.96. The van der Waals surface area contributed by atoms with Crippen molar-refractivity contribution < 1.29 is 9.63 Å². The number of carbonyl (C=O) groups excluding carboxylic acids is 1. The quantitative estimate of drug-likeness (QED) is 0.590. The second-order valence-corrected chi connectivity index (χ2v) is 8.77. The topological polar surface area (TPSA) is 29.5 Å². The summed E-state index contributed by atoms with van der Waals surface area (Å²) in [5, 5.41) is 2.15. The molecule has 27 heavy (non-hydrogen) atoms. The van der Waals surface area contributed by atoms with Crippen molar-refractivity contribution in [1.29, 1.82) is 0 Å². The molecule has 0 aliphatic carbocycles. The van der Waals surface area contributed by atoms with Crippen LogP contribution in [0, 0.1) is 0 Å². The number of hydroxylamine groups is 2. The molecule has 1 aliphatic heterocycles. The minimum absolute atomic E-state index is 0.0649. The van der Waals surface area contributed by atoms with Crippen LogP contribution < -0.4 is 0 Å². The number of carbonyl (C=O) groups is 1. The number of piperidine rings is 1. The Morgan fingerprint density at radius 1 is 0.926 bits per heavy atom. The number of ketones is 1. The van der Waals surface area contributed by atoms with Gasteiger partial charge >= 0.3 is 0 Å². The summed E-state index contributed by atoms with van der Waals surface area (Å²) in [5.41, 5.74) is 1.65. The van der Waals surface area contributed by atoms with Crippen molar-refractivity contribution in [3.63, 3.8) is 0 Å². The van der Waals surface area contributed by atoms with Crippen LogP contribution in [0.25, 0.3) is 0 Å². The molecule has 3 rings (SSSR count). The Labute approximate surface area is 163 Å². The lowest BCUT2D eigenvalue weighted by molar-refractivity contribution is -0.306. The fraction of sp³-hybridized carbons (Fsp3) is 0.458. The number of Topliss-reactive ketones (excluding diaryl/α,β-unsaturated/α-hetero) is 1. The molecule has 0 spiro atoms. The number of hydrogen-bond donors (Lipinski definition) is 0. The van der Waals surface area contributed by atoms with Gasteiger partial charge in [-0.15, -0.1) is 0 Å². The van der Waals surface area contributed by atoms with Crippen molar-refractivity contribution in [3.05, 3.63) is 71.8 Å². The Morgan fingerprint density at radius 3 is 2.00 bits per heavy atom. The molecule has 2 aromatic carbocycles. The van der Waals surface area contributed by atoms with Crippen molar-refractivity contribution in [1.82, 2.24) is 5.06 Å². The first-order chi connectivity index (χ1) is 12.8. The van der Waals surface area contributed by atoms with Gasteiger partial charge in [-0.1, -0.05) is 60.7 Å². The van der Waals surface area contributed by atoms with Gasteiger partial charge in [0.1, 0.15) is 6.10 Å². The molecule has 0 bridgehead atoms. The van der Waals surface area contributed by atoms with E-state index in [0.717, 1.165) is 24.0 Å². The zero-order chi connectivity index (χ0) is 19.5. The third kappa shape index (κ3) is 4.66. The largest absolute Gasteiger partial charge is 0.294 e. The van der Waals surface area contributed by atoms with Gasteiger partial charge in [-0.05, 0) is 52.5 Å². The summed E-state index contributed by atoms with van der Waals surface area (Å²) in [7, 11) is 0. The van der Waals surface area contributed by atoms with Gasteiger partial charge < -0.3 is 0 Å². The maximum atomic E-state index is 12.9. The summed E-state index contributed by atoms with van der Waals surface area (Å²) in [6, 6.07) is 19.6. The van der Waals surface area contributed by atoms with E-state index in [1.54, 1.807) is 0 Å². The molecule has 1 atom stereocenters. The van der Waals surface area contributed by atoms with Crippen LogP contribution in [0.3, 0.4) is 0 Å². The van der Waals surface area contributed by atoms with Crippen molar-refractivity contribution in [2.24, 2.45) is 0 Å². The van der Waals surface area contributed by atoms with E-state index in [1.807, 2.05) is 60.7 Å². The van der Waals surface area contributed by atoms with Gasteiger partial charge in [0, 0.05) is 23.1 Å². The van der Waals surface area contributed by atoms with Gasteiger partial charge in [0.25, 0.3) is 0 Å². The molecule has 1 unspecified atom stereocenters. The lowest BCUT2D eigenvalue weighted by atomic mass is 9.82. The van der Waals surface area contributed by atoms with E-state index in [1.165, 1.54) is 6.42 Å². The molecule has 0 aromatic heterocycles. The van der Waals surface area contributed by atoms with Crippen molar-refractivity contribution >= 4 is 5.78 Å². The van der Waals surface area contributed by atoms with Gasteiger partial charge in [-0.2, -0.15) is 5.06 Å². The normalized spacial score (nSPS) is 20.1. The Hall–Kier alpha value is -1.97. The third-order valence-corrected chi connectivity index (χ3v) is 5.55. The van der Waals surface area contributed by atoms with Gasteiger partial charge in [-0.3, -0.25) is 9.63 Å². The van der Waals surface area contributed by atoms with Crippen LogP contribution in [0.15, 0.2) is 60.7 Å². The van der Waals surface area contributed by atoms with Crippen LogP contribution in [0.4, 0.5) is 0 Å². The molecule has 1 saturated heterocycles. The molecular weight excluding hydrogens is 334 g/mol. The monoisotopic (exact) mass is 365 g/mol. The first kappa shape index (κ1) is 19.8. The van der Waals surface area contributed by atoms with Crippen LogP contribution in [-0.2, 0) is 4.84 Å². The Bertz CT molecular complexity index is 736. The Kier molecular flexibility index (Phi) is 5.83. The van der Waals surface area contributed by atoms with E-state index in [4.69, 9.17) is 4.84 Å². The average molecular weight is 366 g/mol. The summed E-state index contributed by atoms with van der Waals surface area (Å²) in [6.07, 6.45) is 3.40. The molecule has 0 saturated carbocycles. The standard InChI is InChI=1S/C24H31NO2/c1-23(2)16-11-17-24(3,4)25(23)27-22(20-14-9-6-10-15-20)18-21(26)19-12-7-5-8-13-19/h5-10,12-15,22H,11,16-18H2,1-4H3. The van der Waals surface area contributed by atoms with Gasteiger partial charge in [0.15, 0.2) is 5.78 Å². The van der Waals surface area contributed by atoms with Crippen LogP contribution >= 0.6 is 0 Å². The molecule has 3 heteroatoms. The second kappa shape index (κ2) is 7.95. The predicted molar refractivity (Wildman–Crippen MR) is 110 cm³/mol. The SMILES string of the molecule is CC1(C)CCCC(C)(C)N1OC(CC(=O)c1ccccc1)c1ccccc1. The number of benzene rings is 2. The van der Waals surface area contributed by atoms with Crippen molar-refractivity contribution in [2.75, 3.05) is 0 Å².